The molecular weight excluding hydrogens is 320 g/mol. The molecule has 1 saturated carbocycles. The molecule has 1 aromatic carbocycles. The molecule has 7 heteroatoms. The summed E-state index contributed by atoms with van der Waals surface area (Å²) < 4.78 is 0. The highest BCUT2D eigenvalue weighted by atomic mass is 16.6. The highest BCUT2D eigenvalue weighted by Gasteiger charge is 2.29. The van der Waals surface area contributed by atoms with Crippen LogP contribution >= 0.6 is 0 Å². The third-order valence-corrected chi connectivity index (χ3v) is 5.36. The average molecular weight is 346 g/mol. The first-order valence-corrected chi connectivity index (χ1v) is 9.09. The van der Waals surface area contributed by atoms with Gasteiger partial charge in [-0.1, -0.05) is 25.0 Å². The Kier molecular flexibility index (Phi) is 5.53. The monoisotopic (exact) mass is 346 g/mol. The fourth-order valence-electron chi connectivity index (χ4n) is 3.79. The Morgan fingerprint density at radius 1 is 1.20 bits per heavy atom. The SMILES string of the molecule is CC(C(=O)NC1CCCC1)N1CCN(c2ccccc2[N+](=O)[O-])CC1. The van der Waals surface area contributed by atoms with E-state index < -0.39 is 0 Å². The molecular formula is C18H26N4O3. The molecule has 1 unspecified atom stereocenters. The van der Waals surface area contributed by atoms with Crippen LogP contribution in [0, 0.1) is 10.1 Å². The van der Waals surface area contributed by atoms with Crippen molar-refractivity contribution in [2.24, 2.45) is 0 Å². The predicted octanol–water partition coefficient (Wildman–Crippen LogP) is 2.16. The third-order valence-electron chi connectivity index (χ3n) is 5.36. The van der Waals surface area contributed by atoms with E-state index in [9.17, 15) is 14.9 Å². The van der Waals surface area contributed by atoms with Gasteiger partial charge in [-0.25, -0.2) is 0 Å². The number of carbonyl (C=O) groups excluding carboxylic acids is 1. The number of para-hydroxylation sites is 2. The Balaban J connectivity index is 1.56. The van der Waals surface area contributed by atoms with Gasteiger partial charge in [0.15, 0.2) is 0 Å². The van der Waals surface area contributed by atoms with E-state index in [1.54, 1.807) is 18.2 Å². The third kappa shape index (κ3) is 4.10. The number of hydrogen-bond acceptors (Lipinski definition) is 5. The zero-order valence-electron chi connectivity index (χ0n) is 14.7. The lowest BCUT2D eigenvalue weighted by atomic mass is 10.1. The van der Waals surface area contributed by atoms with Crippen molar-refractivity contribution in [1.29, 1.82) is 0 Å². The molecule has 1 atom stereocenters. The molecule has 1 amide bonds. The van der Waals surface area contributed by atoms with Crippen molar-refractivity contribution in [1.82, 2.24) is 10.2 Å². The molecule has 1 heterocycles. The lowest BCUT2D eigenvalue weighted by Crippen LogP contribution is -2.55. The van der Waals surface area contributed by atoms with Crippen LogP contribution in [0.3, 0.4) is 0 Å². The maximum Gasteiger partial charge on any atom is 0.292 e. The van der Waals surface area contributed by atoms with E-state index in [1.807, 2.05) is 17.9 Å². The number of hydrogen-bond donors (Lipinski definition) is 1. The molecule has 1 aliphatic carbocycles. The summed E-state index contributed by atoms with van der Waals surface area (Å²) in [6.45, 7) is 4.78. The molecule has 0 bridgehead atoms. The molecule has 3 rings (SSSR count). The minimum Gasteiger partial charge on any atom is -0.363 e. The van der Waals surface area contributed by atoms with Gasteiger partial charge in [0.25, 0.3) is 5.69 Å². The number of nitrogens with zero attached hydrogens (tertiary/aromatic N) is 3. The number of anilines is 1. The number of carbonyl (C=O) groups is 1. The summed E-state index contributed by atoms with van der Waals surface area (Å²) in [5.41, 5.74) is 0.804. The van der Waals surface area contributed by atoms with Crippen LogP contribution in [0.15, 0.2) is 24.3 Å². The van der Waals surface area contributed by atoms with Gasteiger partial charge in [-0.05, 0) is 25.8 Å². The summed E-state index contributed by atoms with van der Waals surface area (Å²) in [4.78, 5) is 27.5. The molecule has 2 fully saturated rings. The maximum atomic E-state index is 12.4. The van der Waals surface area contributed by atoms with Gasteiger partial charge in [0.2, 0.25) is 5.91 Å². The Hall–Kier alpha value is -2.15. The van der Waals surface area contributed by atoms with Crippen molar-refractivity contribution in [2.75, 3.05) is 31.1 Å². The minimum absolute atomic E-state index is 0.103. The maximum absolute atomic E-state index is 12.4. The van der Waals surface area contributed by atoms with E-state index in [0.717, 1.165) is 25.9 Å². The van der Waals surface area contributed by atoms with Crippen molar-refractivity contribution in [3.8, 4) is 0 Å². The van der Waals surface area contributed by atoms with Crippen molar-refractivity contribution in [3.63, 3.8) is 0 Å². The summed E-state index contributed by atoms with van der Waals surface area (Å²) in [5, 5.41) is 14.4. The molecule has 1 saturated heterocycles. The van der Waals surface area contributed by atoms with Crippen molar-refractivity contribution >= 4 is 17.3 Å². The van der Waals surface area contributed by atoms with E-state index in [1.165, 1.54) is 12.8 Å². The second-order valence-electron chi connectivity index (χ2n) is 6.93. The molecule has 0 aromatic heterocycles. The fourth-order valence-corrected chi connectivity index (χ4v) is 3.79. The Labute approximate surface area is 148 Å². The number of benzene rings is 1. The van der Waals surface area contributed by atoms with Crippen LogP contribution in [0.2, 0.25) is 0 Å². The lowest BCUT2D eigenvalue weighted by Gasteiger charge is -2.38. The summed E-state index contributed by atoms with van der Waals surface area (Å²) >= 11 is 0. The van der Waals surface area contributed by atoms with Gasteiger partial charge in [0.1, 0.15) is 5.69 Å². The van der Waals surface area contributed by atoms with Gasteiger partial charge < -0.3 is 10.2 Å². The first-order valence-electron chi connectivity index (χ1n) is 9.09. The van der Waals surface area contributed by atoms with Gasteiger partial charge in [-0.15, -0.1) is 0 Å². The number of nitro groups is 1. The number of amides is 1. The topological polar surface area (TPSA) is 78.7 Å². The lowest BCUT2D eigenvalue weighted by molar-refractivity contribution is -0.384. The van der Waals surface area contributed by atoms with Gasteiger partial charge in [-0.2, -0.15) is 0 Å². The molecule has 0 radical (unpaired) electrons. The van der Waals surface area contributed by atoms with Crippen LogP contribution in [0.4, 0.5) is 11.4 Å². The summed E-state index contributed by atoms with van der Waals surface area (Å²) in [6.07, 6.45) is 4.58. The Morgan fingerprint density at radius 3 is 2.48 bits per heavy atom. The van der Waals surface area contributed by atoms with Gasteiger partial charge in [0.05, 0.1) is 11.0 Å². The van der Waals surface area contributed by atoms with Crippen LogP contribution in [0.5, 0.6) is 0 Å². The number of nitro benzene ring substituents is 1. The molecule has 2 aliphatic rings. The van der Waals surface area contributed by atoms with Crippen molar-refractivity contribution < 1.29 is 9.72 Å². The van der Waals surface area contributed by atoms with Crippen LogP contribution in [0.25, 0.3) is 0 Å². The average Bonchev–Trinajstić information content (AvgIpc) is 3.14. The van der Waals surface area contributed by atoms with E-state index in [0.29, 0.717) is 24.8 Å². The van der Waals surface area contributed by atoms with Gasteiger partial charge in [-0.3, -0.25) is 19.8 Å². The Bertz CT molecular complexity index is 623. The number of rotatable bonds is 5. The molecule has 1 aromatic rings. The predicted molar refractivity (Wildman–Crippen MR) is 96.7 cm³/mol. The first-order chi connectivity index (χ1) is 12.1. The molecule has 0 spiro atoms. The normalized spacial score (nSPS) is 20.4. The highest BCUT2D eigenvalue weighted by Crippen LogP contribution is 2.28. The van der Waals surface area contributed by atoms with Crippen molar-refractivity contribution in [3.05, 3.63) is 34.4 Å². The van der Waals surface area contributed by atoms with E-state index >= 15 is 0 Å². The number of piperazine rings is 1. The van der Waals surface area contributed by atoms with Crippen LogP contribution in [-0.2, 0) is 4.79 Å². The van der Waals surface area contributed by atoms with Crippen LogP contribution in [-0.4, -0.2) is 54.0 Å². The van der Waals surface area contributed by atoms with E-state index in [-0.39, 0.29) is 22.6 Å². The first kappa shape index (κ1) is 17.7. The smallest absolute Gasteiger partial charge is 0.292 e. The Morgan fingerprint density at radius 2 is 1.84 bits per heavy atom. The van der Waals surface area contributed by atoms with Crippen LogP contribution in [0.1, 0.15) is 32.6 Å². The zero-order chi connectivity index (χ0) is 17.8. The summed E-state index contributed by atoms with van der Waals surface area (Å²) in [6, 6.07) is 7.03. The molecule has 25 heavy (non-hydrogen) atoms. The second-order valence-corrected chi connectivity index (χ2v) is 6.93. The van der Waals surface area contributed by atoms with Gasteiger partial charge >= 0.3 is 0 Å². The fraction of sp³-hybridized carbons (Fsp3) is 0.611. The standard InChI is InChI=1S/C18H26N4O3/c1-14(18(23)19-15-6-2-3-7-15)20-10-12-21(13-11-20)16-8-4-5-9-17(16)22(24)25/h4-5,8-9,14-15H,2-3,6-7,10-13H2,1H3,(H,19,23). The largest absolute Gasteiger partial charge is 0.363 e. The zero-order valence-corrected chi connectivity index (χ0v) is 14.7. The minimum atomic E-state index is -0.334. The number of nitrogens with one attached hydrogen (secondary N) is 1. The van der Waals surface area contributed by atoms with E-state index in [2.05, 4.69) is 10.2 Å². The molecule has 7 nitrogen and oxygen atoms in total. The highest BCUT2D eigenvalue weighted by molar-refractivity contribution is 5.81. The molecule has 1 N–H and O–H groups in total. The molecule has 136 valence electrons. The van der Waals surface area contributed by atoms with E-state index in [4.69, 9.17) is 0 Å². The van der Waals surface area contributed by atoms with Crippen LogP contribution < -0.4 is 10.2 Å². The second kappa shape index (κ2) is 7.82. The van der Waals surface area contributed by atoms with Gasteiger partial charge in [0, 0.05) is 38.3 Å². The summed E-state index contributed by atoms with van der Waals surface area (Å²) in [7, 11) is 0. The van der Waals surface area contributed by atoms with Crippen molar-refractivity contribution in [2.45, 2.75) is 44.7 Å². The molecule has 1 aliphatic heterocycles. The quantitative estimate of drug-likeness (QED) is 0.653. The summed E-state index contributed by atoms with van der Waals surface area (Å²) in [5.74, 6) is 0.103.